The molecular formula is C17H16FN3O2S. The molecule has 1 aliphatic rings. The topological polar surface area (TPSA) is 53.6 Å². The Hall–Kier alpha value is -2.51. The van der Waals surface area contributed by atoms with Gasteiger partial charge >= 0.3 is 5.97 Å². The van der Waals surface area contributed by atoms with E-state index in [0.29, 0.717) is 16.4 Å². The number of nitrogens with one attached hydrogen (secondary N) is 2. The molecule has 2 aromatic rings. The van der Waals surface area contributed by atoms with E-state index in [2.05, 4.69) is 10.7 Å². The number of carbonyl (C=O) groups is 1. The predicted molar refractivity (Wildman–Crippen MR) is 92.7 cm³/mol. The smallest absolute Gasteiger partial charge is 0.340 e. The maximum Gasteiger partial charge on any atom is 0.340 e. The number of fused-ring (bicyclic) bond motifs is 1. The third kappa shape index (κ3) is 3.08. The van der Waals surface area contributed by atoms with Gasteiger partial charge in [0.25, 0.3) is 0 Å². The second kappa shape index (κ2) is 6.18. The van der Waals surface area contributed by atoms with Crippen LogP contribution in [0.2, 0.25) is 0 Å². The number of hydrazine groups is 1. The maximum absolute atomic E-state index is 12.9. The van der Waals surface area contributed by atoms with Gasteiger partial charge in [-0.05, 0) is 49.5 Å². The molecule has 0 bridgehead atoms. The Labute approximate surface area is 144 Å². The number of esters is 1. The van der Waals surface area contributed by atoms with E-state index < -0.39 is 5.72 Å². The monoisotopic (exact) mass is 345 g/mol. The van der Waals surface area contributed by atoms with Gasteiger partial charge in [0.05, 0.1) is 5.56 Å². The molecule has 0 aliphatic carbocycles. The molecule has 1 unspecified atom stereocenters. The lowest BCUT2D eigenvalue weighted by atomic mass is 10.0. The van der Waals surface area contributed by atoms with Crippen molar-refractivity contribution < 1.29 is 13.9 Å². The average Bonchev–Trinajstić information content (AvgIpc) is 2.81. The summed E-state index contributed by atoms with van der Waals surface area (Å²) >= 11 is 5.32. The third-order valence-corrected chi connectivity index (χ3v) is 4.11. The predicted octanol–water partition coefficient (Wildman–Crippen LogP) is 3.00. The van der Waals surface area contributed by atoms with Crippen LogP contribution in [0.1, 0.15) is 22.8 Å². The molecule has 1 atom stereocenters. The second-order valence-electron chi connectivity index (χ2n) is 5.58. The quantitative estimate of drug-likeness (QED) is 0.507. The number of carbonyl (C=O) groups excluding carboxylic acids is 1. The summed E-state index contributed by atoms with van der Waals surface area (Å²) in [5.74, 6) is -0.702. The van der Waals surface area contributed by atoms with Crippen molar-refractivity contribution in [2.75, 3.05) is 12.4 Å². The van der Waals surface area contributed by atoms with Crippen LogP contribution in [0.25, 0.3) is 0 Å². The molecule has 5 nitrogen and oxygen atoms in total. The maximum atomic E-state index is 12.9. The van der Waals surface area contributed by atoms with Crippen molar-refractivity contribution in [3.8, 4) is 0 Å². The van der Waals surface area contributed by atoms with Crippen LogP contribution in [0.5, 0.6) is 0 Å². The van der Waals surface area contributed by atoms with Crippen LogP contribution in [-0.4, -0.2) is 23.1 Å². The molecular weight excluding hydrogens is 329 g/mol. The average molecular weight is 345 g/mol. The summed E-state index contributed by atoms with van der Waals surface area (Å²) in [5, 5.41) is 4.88. The molecule has 1 aliphatic heterocycles. The molecule has 3 rings (SSSR count). The summed E-state index contributed by atoms with van der Waals surface area (Å²) in [5.41, 5.74) is 3.99. The number of benzene rings is 2. The van der Waals surface area contributed by atoms with E-state index in [1.807, 2.05) is 12.1 Å². The normalized spacial score (nSPS) is 18.7. The number of thiocarbonyl (C=S) groups is 1. The summed E-state index contributed by atoms with van der Waals surface area (Å²) in [7, 11) is 1.71. The Morgan fingerprint density at radius 3 is 2.58 bits per heavy atom. The van der Waals surface area contributed by atoms with Gasteiger partial charge in [-0.1, -0.05) is 18.2 Å². The van der Waals surface area contributed by atoms with Gasteiger partial charge < -0.3 is 10.1 Å². The van der Waals surface area contributed by atoms with Crippen LogP contribution in [-0.2, 0) is 10.5 Å². The standard InChI is InChI=1S/C17H16FN3O2S/c1-17(14-6-4-3-5-13(14)15(22)23-17)20-21(2)16(24)19-12-9-7-11(18)8-10-12/h3-10,20H,1-2H3,(H,19,24). The first kappa shape index (κ1) is 16.4. The van der Waals surface area contributed by atoms with Crippen molar-refractivity contribution in [3.05, 3.63) is 65.5 Å². The highest BCUT2D eigenvalue weighted by Crippen LogP contribution is 2.34. The lowest BCUT2D eigenvalue weighted by molar-refractivity contribution is -0.0419. The third-order valence-electron chi connectivity index (χ3n) is 3.74. The lowest BCUT2D eigenvalue weighted by Gasteiger charge is -2.32. The van der Waals surface area contributed by atoms with Gasteiger partial charge in [0, 0.05) is 18.3 Å². The zero-order valence-electron chi connectivity index (χ0n) is 13.2. The number of halogens is 1. The van der Waals surface area contributed by atoms with Crippen LogP contribution in [0.3, 0.4) is 0 Å². The molecule has 0 radical (unpaired) electrons. The van der Waals surface area contributed by atoms with E-state index >= 15 is 0 Å². The first-order chi connectivity index (χ1) is 11.4. The van der Waals surface area contributed by atoms with Gasteiger partial charge in [0.1, 0.15) is 5.82 Å². The molecule has 0 saturated heterocycles. The summed E-state index contributed by atoms with van der Waals surface area (Å²) < 4.78 is 18.4. The minimum absolute atomic E-state index is 0.320. The molecule has 124 valence electrons. The van der Waals surface area contributed by atoms with Gasteiger partial charge in [-0.3, -0.25) is 5.01 Å². The Bertz CT molecular complexity index is 797. The molecule has 24 heavy (non-hydrogen) atoms. The molecule has 0 saturated carbocycles. The minimum Gasteiger partial charge on any atom is -0.435 e. The molecule has 2 aromatic carbocycles. The zero-order chi connectivity index (χ0) is 17.3. The highest BCUT2D eigenvalue weighted by Gasteiger charge is 2.42. The summed E-state index contributed by atoms with van der Waals surface area (Å²) in [6.07, 6.45) is 0. The largest absolute Gasteiger partial charge is 0.435 e. The van der Waals surface area contributed by atoms with E-state index in [4.69, 9.17) is 17.0 Å². The molecule has 0 amide bonds. The number of hydrogen-bond donors (Lipinski definition) is 2. The number of rotatable bonds is 3. The van der Waals surface area contributed by atoms with Gasteiger partial charge in [-0.15, -0.1) is 0 Å². The summed E-state index contributed by atoms with van der Waals surface area (Å²) in [6.45, 7) is 1.76. The molecule has 0 spiro atoms. The molecule has 1 heterocycles. The SMILES string of the molecule is CN(NC1(C)OC(=O)c2ccccc21)C(=S)Nc1ccc(F)cc1. The molecule has 7 heteroatoms. The van der Waals surface area contributed by atoms with Crippen molar-refractivity contribution in [1.29, 1.82) is 0 Å². The Kier molecular flexibility index (Phi) is 4.21. The van der Waals surface area contributed by atoms with Crippen molar-refractivity contribution >= 4 is 29.0 Å². The van der Waals surface area contributed by atoms with Gasteiger partial charge in [-0.2, -0.15) is 5.43 Å². The van der Waals surface area contributed by atoms with Crippen molar-refractivity contribution in [1.82, 2.24) is 10.4 Å². The lowest BCUT2D eigenvalue weighted by Crippen LogP contribution is -2.52. The van der Waals surface area contributed by atoms with Crippen molar-refractivity contribution in [3.63, 3.8) is 0 Å². The number of anilines is 1. The summed E-state index contributed by atoms with van der Waals surface area (Å²) in [6, 6.07) is 13.0. The van der Waals surface area contributed by atoms with Crippen LogP contribution < -0.4 is 10.7 Å². The van der Waals surface area contributed by atoms with E-state index in [1.54, 1.807) is 43.2 Å². The zero-order valence-corrected chi connectivity index (χ0v) is 14.0. The fraction of sp³-hybridized carbons (Fsp3) is 0.176. The highest BCUT2D eigenvalue weighted by atomic mass is 32.1. The van der Waals surface area contributed by atoms with E-state index in [-0.39, 0.29) is 11.8 Å². The van der Waals surface area contributed by atoms with Crippen LogP contribution in [0, 0.1) is 5.82 Å². The van der Waals surface area contributed by atoms with Crippen molar-refractivity contribution in [2.45, 2.75) is 12.6 Å². The molecule has 2 N–H and O–H groups in total. The van der Waals surface area contributed by atoms with Crippen LogP contribution in [0.4, 0.5) is 10.1 Å². The highest BCUT2D eigenvalue weighted by molar-refractivity contribution is 7.80. The number of cyclic esters (lactones) is 1. The fourth-order valence-electron chi connectivity index (χ4n) is 2.57. The first-order valence-corrected chi connectivity index (χ1v) is 7.71. The number of nitrogens with zero attached hydrogens (tertiary/aromatic N) is 1. The Balaban J connectivity index is 1.72. The van der Waals surface area contributed by atoms with E-state index in [9.17, 15) is 9.18 Å². The summed E-state index contributed by atoms with van der Waals surface area (Å²) in [4.78, 5) is 12.0. The van der Waals surface area contributed by atoms with Gasteiger partial charge in [0.15, 0.2) is 5.11 Å². The van der Waals surface area contributed by atoms with Gasteiger partial charge in [0.2, 0.25) is 5.72 Å². The van der Waals surface area contributed by atoms with Crippen LogP contribution >= 0.6 is 12.2 Å². The van der Waals surface area contributed by atoms with Crippen molar-refractivity contribution in [2.24, 2.45) is 0 Å². The Morgan fingerprint density at radius 1 is 1.21 bits per heavy atom. The second-order valence-corrected chi connectivity index (χ2v) is 5.96. The molecule has 0 aromatic heterocycles. The first-order valence-electron chi connectivity index (χ1n) is 7.30. The molecule has 0 fully saturated rings. The number of hydrogen-bond acceptors (Lipinski definition) is 4. The van der Waals surface area contributed by atoms with Gasteiger partial charge in [-0.25, -0.2) is 9.18 Å². The fourth-order valence-corrected chi connectivity index (χ4v) is 2.73. The van der Waals surface area contributed by atoms with E-state index in [0.717, 1.165) is 5.56 Å². The Morgan fingerprint density at radius 2 is 1.88 bits per heavy atom. The number of ether oxygens (including phenoxy) is 1. The van der Waals surface area contributed by atoms with Crippen LogP contribution in [0.15, 0.2) is 48.5 Å². The minimum atomic E-state index is -1.02. The van der Waals surface area contributed by atoms with E-state index in [1.165, 1.54) is 12.1 Å².